The number of fused-ring (bicyclic) bond motifs is 1. The Morgan fingerprint density at radius 1 is 1.18 bits per heavy atom. The quantitative estimate of drug-likeness (QED) is 0.771. The lowest BCUT2D eigenvalue weighted by atomic mass is 10.0. The van der Waals surface area contributed by atoms with Gasteiger partial charge in [0.25, 0.3) is 5.91 Å². The van der Waals surface area contributed by atoms with Crippen LogP contribution in [0.3, 0.4) is 0 Å². The van der Waals surface area contributed by atoms with Crippen molar-refractivity contribution in [2.45, 2.75) is 0 Å². The van der Waals surface area contributed by atoms with Gasteiger partial charge in [-0.05, 0) is 16.8 Å². The summed E-state index contributed by atoms with van der Waals surface area (Å²) in [6, 6.07) is 12.7. The first-order valence-corrected chi connectivity index (χ1v) is 6.69. The smallest absolute Gasteiger partial charge is 0.253 e. The van der Waals surface area contributed by atoms with Gasteiger partial charge in [0.2, 0.25) is 11.8 Å². The maximum absolute atomic E-state index is 11.8. The zero-order valence-corrected chi connectivity index (χ0v) is 11.9. The average molecular weight is 294 g/mol. The van der Waals surface area contributed by atoms with E-state index in [1.165, 1.54) is 0 Å². The number of ether oxygens (including phenoxy) is 1. The summed E-state index contributed by atoms with van der Waals surface area (Å²) in [5, 5.41) is 4.49. The van der Waals surface area contributed by atoms with Crippen molar-refractivity contribution in [2.24, 2.45) is 5.73 Å². The zero-order chi connectivity index (χ0) is 15.5. The number of carbonyl (C=O) groups excluding carboxylic acids is 1. The van der Waals surface area contributed by atoms with E-state index in [1.807, 2.05) is 30.3 Å². The van der Waals surface area contributed by atoms with Crippen LogP contribution in [-0.2, 0) is 0 Å². The molecule has 3 N–H and O–H groups in total. The van der Waals surface area contributed by atoms with Crippen LogP contribution >= 0.6 is 0 Å². The van der Waals surface area contributed by atoms with Gasteiger partial charge in [-0.2, -0.15) is 4.98 Å². The summed E-state index contributed by atoms with van der Waals surface area (Å²) in [5.41, 5.74) is 5.86. The average Bonchev–Trinajstić information content (AvgIpc) is 2.54. The van der Waals surface area contributed by atoms with Crippen molar-refractivity contribution in [1.29, 1.82) is 0 Å². The first-order chi connectivity index (χ1) is 10.7. The molecule has 0 radical (unpaired) electrons. The second kappa shape index (κ2) is 5.69. The Morgan fingerprint density at radius 2 is 2.00 bits per heavy atom. The summed E-state index contributed by atoms with van der Waals surface area (Å²) in [7, 11) is 1.71. The fourth-order valence-electron chi connectivity index (χ4n) is 2.22. The summed E-state index contributed by atoms with van der Waals surface area (Å²) >= 11 is 0. The zero-order valence-electron chi connectivity index (χ0n) is 11.9. The Morgan fingerprint density at radius 3 is 2.77 bits per heavy atom. The van der Waals surface area contributed by atoms with Crippen molar-refractivity contribution in [1.82, 2.24) is 9.97 Å². The van der Waals surface area contributed by atoms with Crippen LogP contribution in [0.5, 0.6) is 11.6 Å². The normalized spacial score (nSPS) is 10.4. The number of nitrogens with zero attached hydrogens (tertiary/aromatic N) is 2. The number of carbonyl (C=O) groups is 1. The van der Waals surface area contributed by atoms with Crippen LogP contribution < -0.4 is 15.8 Å². The molecule has 0 saturated heterocycles. The number of benzene rings is 2. The highest BCUT2D eigenvalue weighted by Gasteiger charge is 2.15. The van der Waals surface area contributed by atoms with Crippen molar-refractivity contribution in [3.63, 3.8) is 0 Å². The number of rotatable bonds is 4. The molecule has 0 aliphatic heterocycles. The molecule has 6 heteroatoms. The fourth-order valence-corrected chi connectivity index (χ4v) is 2.22. The van der Waals surface area contributed by atoms with Gasteiger partial charge in [-0.3, -0.25) is 4.79 Å². The topological polar surface area (TPSA) is 90.1 Å². The second-order valence-corrected chi connectivity index (χ2v) is 4.59. The van der Waals surface area contributed by atoms with Crippen molar-refractivity contribution in [3.05, 3.63) is 54.2 Å². The molecule has 0 unspecified atom stereocenters. The predicted molar refractivity (Wildman–Crippen MR) is 84.1 cm³/mol. The van der Waals surface area contributed by atoms with Gasteiger partial charge in [-0.25, -0.2) is 4.98 Å². The summed E-state index contributed by atoms with van der Waals surface area (Å²) < 4.78 is 5.73. The maximum Gasteiger partial charge on any atom is 0.253 e. The van der Waals surface area contributed by atoms with E-state index >= 15 is 0 Å². The molecule has 0 atom stereocenters. The second-order valence-electron chi connectivity index (χ2n) is 4.59. The van der Waals surface area contributed by atoms with Gasteiger partial charge in [0.1, 0.15) is 5.75 Å². The number of hydrogen-bond donors (Lipinski definition) is 2. The van der Waals surface area contributed by atoms with Crippen molar-refractivity contribution in [3.8, 4) is 11.6 Å². The third-order valence-corrected chi connectivity index (χ3v) is 3.21. The molecule has 6 nitrogen and oxygen atoms in total. The Labute approximate surface area is 127 Å². The molecular formula is C16H14N4O2. The van der Waals surface area contributed by atoms with Gasteiger partial charge in [-0.15, -0.1) is 0 Å². The number of hydrogen-bond acceptors (Lipinski definition) is 5. The highest BCUT2D eigenvalue weighted by Crippen LogP contribution is 2.30. The summed E-state index contributed by atoms with van der Waals surface area (Å²) in [4.78, 5) is 20.0. The SMILES string of the molecule is CNc1nccc(Oc2ccc3ccccc3c2C(N)=O)n1. The Balaban J connectivity index is 2.10. The lowest BCUT2D eigenvalue weighted by molar-refractivity contribution is 0.0999. The van der Waals surface area contributed by atoms with Crippen molar-refractivity contribution < 1.29 is 9.53 Å². The largest absolute Gasteiger partial charge is 0.438 e. The molecule has 22 heavy (non-hydrogen) atoms. The third kappa shape index (κ3) is 2.54. The first-order valence-electron chi connectivity index (χ1n) is 6.69. The van der Waals surface area contributed by atoms with E-state index in [-0.39, 0.29) is 0 Å². The molecule has 3 aromatic rings. The van der Waals surface area contributed by atoms with Gasteiger partial charge in [0.05, 0.1) is 5.56 Å². The van der Waals surface area contributed by atoms with E-state index in [2.05, 4.69) is 15.3 Å². The number of anilines is 1. The van der Waals surface area contributed by atoms with E-state index in [9.17, 15) is 4.79 Å². The molecule has 3 rings (SSSR count). The van der Waals surface area contributed by atoms with Crippen LogP contribution in [0, 0.1) is 0 Å². The van der Waals surface area contributed by atoms with Gasteiger partial charge in [0, 0.05) is 19.3 Å². The van der Waals surface area contributed by atoms with Gasteiger partial charge >= 0.3 is 0 Å². The number of amides is 1. The Hall–Kier alpha value is -3.15. The Bertz CT molecular complexity index is 848. The number of nitrogens with one attached hydrogen (secondary N) is 1. The van der Waals surface area contributed by atoms with Crippen LogP contribution in [-0.4, -0.2) is 22.9 Å². The number of nitrogens with two attached hydrogens (primary N) is 1. The third-order valence-electron chi connectivity index (χ3n) is 3.21. The van der Waals surface area contributed by atoms with E-state index < -0.39 is 5.91 Å². The highest BCUT2D eigenvalue weighted by molar-refractivity contribution is 6.08. The van der Waals surface area contributed by atoms with Crippen LogP contribution in [0.15, 0.2) is 48.7 Å². The van der Waals surface area contributed by atoms with E-state index in [4.69, 9.17) is 10.5 Å². The van der Waals surface area contributed by atoms with Gasteiger partial charge < -0.3 is 15.8 Å². The van der Waals surface area contributed by atoms with Crippen LogP contribution in [0.4, 0.5) is 5.95 Å². The number of aromatic nitrogens is 2. The first kappa shape index (κ1) is 13.8. The number of primary amides is 1. The van der Waals surface area contributed by atoms with Gasteiger partial charge in [0.15, 0.2) is 0 Å². The molecule has 1 aromatic heterocycles. The van der Waals surface area contributed by atoms with E-state index in [1.54, 1.807) is 25.4 Å². The summed E-state index contributed by atoms with van der Waals surface area (Å²) in [5.74, 6) is 0.581. The minimum Gasteiger partial charge on any atom is -0.438 e. The van der Waals surface area contributed by atoms with Gasteiger partial charge in [-0.1, -0.05) is 30.3 Å². The fraction of sp³-hybridized carbons (Fsp3) is 0.0625. The molecule has 0 bridgehead atoms. The van der Waals surface area contributed by atoms with E-state index in [0.717, 1.165) is 10.8 Å². The molecule has 0 aliphatic carbocycles. The van der Waals surface area contributed by atoms with Crippen LogP contribution in [0.2, 0.25) is 0 Å². The lowest BCUT2D eigenvalue weighted by Gasteiger charge is -2.11. The molecule has 0 fully saturated rings. The molecule has 2 aromatic carbocycles. The molecule has 1 heterocycles. The highest BCUT2D eigenvalue weighted by atomic mass is 16.5. The molecule has 1 amide bonds. The molecule has 0 aliphatic rings. The van der Waals surface area contributed by atoms with E-state index in [0.29, 0.717) is 23.1 Å². The summed E-state index contributed by atoms with van der Waals surface area (Å²) in [6.45, 7) is 0. The van der Waals surface area contributed by atoms with Crippen LogP contribution in [0.1, 0.15) is 10.4 Å². The van der Waals surface area contributed by atoms with Crippen molar-refractivity contribution >= 4 is 22.6 Å². The predicted octanol–water partition coefficient (Wildman–Crippen LogP) is 2.56. The molecule has 0 saturated carbocycles. The summed E-state index contributed by atoms with van der Waals surface area (Å²) in [6.07, 6.45) is 1.57. The monoisotopic (exact) mass is 294 g/mol. The minimum absolute atomic E-state index is 0.331. The van der Waals surface area contributed by atoms with Crippen LogP contribution in [0.25, 0.3) is 10.8 Å². The van der Waals surface area contributed by atoms with Crippen molar-refractivity contribution in [2.75, 3.05) is 12.4 Å². The molecular weight excluding hydrogens is 280 g/mol. The maximum atomic E-state index is 11.8. The molecule has 0 spiro atoms. The minimum atomic E-state index is -0.547. The lowest BCUT2D eigenvalue weighted by Crippen LogP contribution is -2.13. The molecule has 110 valence electrons. The standard InChI is InChI=1S/C16H14N4O2/c1-18-16-19-9-8-13(20-16)22-12-7-6-10-4-2-3-5-11(10)14(12)15(17)21/h2-9H,1H3,(H2,17,21)(H,18,19,20). The Kier molecular flexibility index (Phi) is 3.57.